The van der Waals surface area contributed by atoms with Crippen LogP contribution in [0.15, 0.2) is 78.4 Å². The van der Waals surface area contributed by atoms with Crippen LogP contribution in [0.4, 0.5) is 11.4 Å². The standard InChI is InChI=1S/C33H30B2N2O10/c1-47-20-8-9-22(26(38)14-20)27-21-10-11-23-28(32(41)36(30(23)39)18-6-2-4-16(12-18)34(43)44)24(21)15-25-29(27)33(42)37(31(25)40)19-7-3-5-17(13-19)35(45)46/h2-10,12-14,23-25,27-29,38,43-46H,11,15H2,1H3/t23-,24+,25+,27+,28-,29+/m0/s1. The van der Waals surface area contributed by atoms with Crippen LogP contribution < -0.4 is 25.5 Å². The van der Waals surface area contributed by atoms with Crippen molar-refractivity contribution in [3.8, 4) is 11.5 Å². The van der Waals surface area contributed by atoms with Crippen LogP contribution in [0.3, 0.4) is 0 Å². The normalized spacial score (nSPS) is 26.5. The zero-order valence-corrected chi connectivity index (χ0v) is 25.1. The number of benzene rings is 3. The van der Waals surface area contributed by atoms with Gasteiger partial charge < -0.3 is 29.9 Å². The molecule has 47 heavy (non-hydrogen) atoms. The lowest BCUT2D eigenvalue weighted by atomic mass is 9.57. The summed E-state index contributed by atoms with van der Waals surface area (Å²) in [6, 6.07) is 16.4. The lowest BCUT2D eigenvalue weighted by Gasteiger charge is -2.44. The van der Waals surface area contributed by atoms with E-state index in [0.717, 1.165) is 9.80 Å². The molecule has 0 aromatic heterocycles. The molecule has 2 aliphatic carbocycles. The van der Waals surface area contributed by atoms with Gasteiger partial charge in [-0.2, -0.15) is 0 Å². The second-order valence-corrected chi connectivity index (χ2v) is 12.4. The highest BCUT2D eigenvalue weighted by atomic mass is 16.5. The van der Waals surface area contributed by atoms with E-state index >= 15 is 0 Å². The van der Waals surface area contributed by atoms with Gasteiger partial charge in [-0.25, -0.2) is 0 Å². The van der Waals surface area contributed by atoms with Crippen LogP contribution >= 0.6 is 0 Å². The summed E-state index contributed by atoms with van der Waals surface area (Å²) in [5, 5.41) is 50.1. The number of hydrogen-bond acceptors (Lipinski definition) is 10. The number of phenols is 1. The molecule has 2 aliphatic heterocycles. The fourth-order valence-corrected chi connectivity index (χ4v) is 8.01. The second kappa shape index (κ2) is 11.5. The molecule has 7 rings (SSSR count). The summed E-state index contributed by atoms with van der Waals surface area (Å²) >= 11 is 0. The second-order valence-electron chi connectivity index (χ2n) is 12.4. The van der Waals surface area contributed by atoms with Gasteiger partial charge in [-0.15, -0.1) is 0 Å². The van der Waals surface area contributed by atoms with Gasteiger partial charge in [0.05, 0.1) is 42.2 Å². The Labute approximate surface area is 269 Å². The highest BCUT2D eigenvalue weighted by Crippen LogP contribution is 2.59. The number of imide groups is 2. The van der Waals surface area contributed by atoms with Crippen LogP contribution in [0.25, 0.3) is 0 Å². The number of rotatable bonds is 6. The number of anilines is 2. The number of methoxy groups -OCH3 is 1. The summed E-state index contributed by atoms with van der Waals surface area (Å²) in [7, 11) is -2.18. The number of hydrogen-bond donors (Lipinski definition) is 5. The van der Waals surface area contributed by atoms with Gasteiger partial charge in [0, 0.05) is 17.5 Å². The Morgan fingerprint density at radius 3 is 1.83 bits per heavy atom. The summed E-state index contributed by atoms with van der Waals surface area (Å²) in [6.07, 6.45) is 2.13. The van der Waals surface area contributed by atoms with Crippen molar-refractivity contribution >= 4 is 60.2 Å². The van der Waals surface area contributed by atoms with Gasteiger partial charge in [0.1, 0.15) is 11.5 Å². The number of allylic oxidation sites excluding steroid dienone is 2. The Kier molecular flexibility index (Phi) is 7.55. The summed E-state index contributed by atoms with van der Waals surface area (Å²) in [5.74, 6) is -6.68. The van der Waals surface area contributed by atoms with E-state index in [1.807, 2.05) is 6.08 Å². The molecule has 12 nitrogen and oxygen atoms in total. The lowest BCUT2D eigenvalue weighted by Crippen LogP contribution is -2.43. The first-order valence-corrected chi connectivity index (χ1v) is 15.3. The summed E-state index contributed by atoms with van der Waals surface area (Å²) in [5.41, 5.74) is 1.62. The molecule has 3 aromatic carbocycles. The van der Waals surface area contributed by atoms with E-state index in [1.165, 1.54) is 61.7 Å². The smallest absolute Gasteiger partial charge is 0.488 e. The monoisotopic (exact) mass is 636 g/mol. The molecular formula is C33H30B2N2O10. The molecule has 2 saturated heterocycles. The molecule has 238 valence electrons. The van der Waals surface area contributed by atoms with Gasteiger partial charge in [-0.3, -0.25) is 29.0 Å². The Bertz CT molecular complexity index is 1860. The Hall–Kier alpha value is -4.75. The van der Waals surface area contributed by atoms with Crippen LogP contribution in [-0.4, -0.2) is 70.2 Å². The van der Waals surface area contributed by atoms with Crippen LogP contribution in [0, 0.1) is 29.6 Å². The minimum atomic E-state index is -1.82. The molecule has 4 aliphatic rings. The van der Waals surface area contributed by atoms with Crippen molar-refractivity contribution in [1.29, 1.82) is 0 Å². The summed E-state index contributed by atoms with van der Waals surface area (Å²) in [6.45, 7) is 0. The van der Waals surface area contributed by atoms with Crippen molar-refractivity contribution in [2.75, 3.05) is 16.9 Å². The fourth-order valence-electron chi connectivity index (χ4n) is 8.01. The van der Waals surface area contributed by atoms with Gasteiger partial charge in [-0.1, -0.05) is 42.0 Å². The third-order valence-electron chi connectivity index (χ3n) is 10.1. The number of amides is 4. The maximum atomic E-state index is 14.3. The molecule has 4 amide bonds. The van der Waals surface area contributed by atoms with Gasteiger partial charge in [-0.05, 0) is 60.0 Å². The number of ether oxygens (including phenoxy) is 1. The molecule has 0 spiro atoms. The summed E-state index contributed by atoms with van der Waals surface area (Å²) in [4.78, 5) is 58.5. The van der Waals surface area contributed by atoms with Crippen molar-refractivity contribution in [2.24, 2.45) is 29.6 Å². The van der Waals surface area contributed by atoms with Crippen LogP contribution in [0.5, 0.6) is 11.5 Å². The molecule has 0 unspecified atom stereocenters. The third-order valence-corrected chi connectivity index (χ3v) is 10.1. The van der Waals surface area contributed by atoms with E-state index in [2.05, 4.69) is 0 Å². The molecule has 14 heteroatoms. The Morgan fingerprint density at radius 2 is 1.28 bits per heavy atom. The molecule has 3 fully saturated rings. The van der Waals surface area contributed by atoms with Gasteiger partial charge in [0.15, 0.2) is 0 Å². The van der Waals surface area contributed by atoms with E-state index in [4.69, 9.17) is 4.74 Å². The molecule has 0 radical (unpaired) electrons. The van der Waals surface area contributed by atoms with E-state index in [9.17, 15) is 44.4 Å². The minimum absolute atomic E-state index is 0.0921. The Morgan fingerprint density at radius 1 is 0.702 bits per heavy atom. The Balaban J connectivity index is 1.33. The number of fused-ring (bicyclic) bond motifs is 4. The highest BCUT2D eigenvalue weighted by Gasteiger charge is 2.62. The van der Waals surface area contributed by atoms with Gasteiger partial charge >= 0.3 is 14.2 Å². The van der Waals surface area contributed by atoms with Crippen molar-refractivity contribution in [3.63, 3.8) is 0 Å². The number of carbonyl (C=O) groups excluding carboxylic acids is 4. The predicted octanol–water partition coefficient (Wildman–Crippen LogP) is -0.194. The molecule has 1 saturated carbocycles. The van der Waals surface area contributed by atoms with Crippen molar-refractivity contribution < 1.29 is 49.1 Å². The maximum Gasteiger partial charge on any atom is 0.488 e. The number of carbonyl (C=O) groups is 4. The molecule has 3 aromatic rings. The topological polar surface area (TPSA) is 185 Å². The third kappa shape index (κ3) is 4.78. The lowest BCUT2D eigenvalue weighted by molar-refractivity contribution is -0.126. The first-order chi connectivity index (χ1) is 22.5. The molecule has 5 N–H and O–H groups in total. The van der Waals surface area contributed by atoms with Crippen molar-refractivity contribution in [2.45, 2.75) is 18.8 Å². The van der Waals surface area contributed by atoms with E-state index < -0.39 is 73.4 Å². The minimum Gasteiger partial charge on any atom is -0.508 e. The average molecular weight is 636 g/mol. The number of nitrogens with zero attached hydrogens (tertiary/aromatic N) is 2. The van der Waals surface area contributed by atoms with Gasteiger partial charge in [0.25, 0.3) is 0 Å². The average Bonchev–Trinajstić information content (AvgIpc) is 3.47. The molecule has 2 heterocycles. The number of aromatic hydroxyl groups is 1. The quantitative estimate of drug-likeness (QED) is 0.138. The first-order valence-electron chi connectivity index (χ1n) is 15.3. The number of phenolic OH excluding ortho intramolecular Hbond substituents is 1. The van der Waals surface area contributed by atoms with Crippen LogP contribution in [0.1, 0.15) is 24.3 Å². The summed E-state index contributed by atoms with van der Waals surface area (Å²) < 4.78 is 5.27. The van der Waals surface area contributed by atoms with Crippen LogP contribution in [-0.2, 0) is 19.2 Å². The van der Waals surface area contributed by atoms with Crippen molar-refractivity contribution in [1.82, 2.24) is 0 Å². The van der Waals surface area contributed by atoms with E-state index in [-0.39, 0.29) is 40.9 Å². The molecular weight excluding hydrogens is 606 g/mol. The SMILES string of the molecule is COc1ccc([C@H]2C3=CC[C@@H]4C(=O)N(c5cccc(B(O)O)c5)C(=O)[C@@H]4[C@@H]3C[C@H]3C(=O)N(c4cccc(B(O)O)c4)C(=O)[C@@H]23)c(O)c1. The highest BCUT2D eigenvalue weighted by molar-refractivity contribution is 6.59. The van der Waals surface area contributed by atoms with Gasteiger partial charge in [0.2, 0.25) is 23.6 Å². The predicted molar refractivity (Wildman–Crippen MR) is 170 cm³/mol. The first kappa shape index (κ1) is 30.9. The van der Waals surface area contributed by atoms with E-state index in [0.29, 0.717) is 16.9 Å². The molecule has 6 atom stereocenters. The maximum absolute atomic E-state index is 14.3. The zero-order chi connectivity index (χ0) is 33.3. The fraction of sp³-hybridized carbons (Fsp3) is 0.273. The van der Waals surface area contributed by atoms with Crippen LogP contribution in [0.2, 0.25) is 0 Å². The molecule has 0 bridgehead atoms. The largest absolute Gasteiger partial charge is 0.508 e. The zero-order valence-electron chi connectivity index (χ0n) is 25.1. The van der Waals surface area contributed by atoms with Crippen molar-refractivity contribution in [3.05, 3.63) is 83.9 Å². The van der Waals surface area contributed by atoms with E-state index in [1.54, 1.807) is 12.1 Å².